The summed E-state index contributed by atoms with van der Waals surface area (Å²) in [4.78, 5) is 0. The summed E-state index contributed by atoms with van der Waals surface area (Å²) >= 11 is 4.23. The molecule has 1 heterocycles. The Labute approximate surface area is 76.5 Å². The van der Waals surface area contributed by atoms with Gasteiger partial charge < -0.3 is 0 Å². The summed E-state index contributed by atoms with van der Waals surface area (Å²) in [6.45, 7) is 0. The molecule has 0 nitrogen and oxygen atoms in total. The van der Waals surface area contributed by atoms with Crippen molar-refractivity contribution in [2.24, 2.45) is 0 Å². The molecule has 0 aromatic rings. The van der Waals surface area contributed by atoms with Gasteiger partial charge in [0.15, 0.2) is 0 Å². The SMILES string of the molecule is C1=CCC(C2SCCCS2)=C1. The molecule has 1 saturated heterocycles. The summed E-state index contributed by atoms with van der Waals surface area (Å²) < 4.78 is 0.777. The number of allylic oxidation sites excluding steroid dienone is 3. The van der Waals surface area contributed by atoms with Crippen molar-refractivity contribution in [3.05, 3.63) is 23.8 Å². The highest BCUT2D eigenvalue weighted by molar-refractivity contribution is 8.17. The molecule has 1 aliphatic carbocycles. The van der Waals surface area contributed by atoms with E-state index in [0.717, 1.165) is 4.58 Å². The predicted octanol–water partition coefficient (Wildman–Crippen LogP) is 3.07. The van der Waals surface area contributed by atoms with E-state index in [2.05, 4.69) is 41.8 Å². The van der Waals surface area contributed by atoms with Crippen LogP contribution in [0.1, 0.15) is 12.8 Å². The number of rotatable bonds is 1. The van der Waals surface area contributed by atoms with Gasteiger partial charge in [-0.3, -0.25) is 0 Å². The fourth-order valence-corrected chi connectivity index (χ4v) is 4.31. The third-order valence-corrected chi connectivity index (χ3v) is 5.01. The molecule has 60 valence electrons. The van der Waals surface area contributed by atoms with Crippen LogP contribution < -0.4 is 0 Å². The van der Waals surface area contributed by atoms with Gasteiger partial charge in [0, 0.05) is 0 Å². The Kier molecular flexibility index (Phi) is 2.64. The van der Waals surface area contributed by atoms with Gasteiger partial charge in [-0.25, -0.2) is 0 Å². The lowest BCUT2D eigenvalue weighted by Gasteiger charge is -2.21. The molecule has 2 heteroatoms. The smallest absolute Gasteiger partial charge is 0.0717 e. The van der Waals surface area contributed by atoms with Gasteiger partial charge in [0.1, 0.15) is 0 Å². The average Bonchev–Trinajstić information content (AvgIpc) is 2.58. The summed E-state index contributed by atoms with van der Waals surface area (Å²) in [5, 5.41) is 0. The third kappa shape index (κ3) is 1.85. The summed E-state index contributed by atoms with van der Waals surface area (Å²) in [5.41, 5.74) is 1.62. The van der Waals surface area contributed by atoms with Gasteiger partial charge in [0.2, 0.25) is 0 Å². The first-order chi connectivity index (χ1) is 5.47. The monoisotopic (exact) mass is 184 g/mol. The standard InChI is InChI=1S/C9H12S2/c1-2-5-8(4-1)9-10-6-3-7-11-9/h1-2,4,9H,3,5-7H2. The molecule has 0 atom stereocenters. The number of hydrogen-bond donors (Lipinski definition) is 0. The fourth-order valence-electron chi connectivity index (χ4n) is 1.34. The number of thioether (sulfide) groups is 2. The van der Waals surface area contributed by atoms with Crippen LogP contribution in [0.25, 0.3) is 0 Å². The molecule has 0 spiro atoms. The number of hydrogen-bond acceptors (Lipinski definition) is 2. The van der Waals surface area contributed by atoms with Crippen molar-refractivity contribution in [3.8, 4) is 0 Å². The van der Waals surface area contributed by atoms with Crippen molar-refractivity contribution >= 4 is 23.5 Å². The highest BCUT2D eigenvalue weighted by Gasteiger charge is 2.18. The molecule has 11 heavy (non-hydrogen) atoms. The Bertz CT molecular complexity index is 188. The molecular formula is C9H12S2. The largest absolute Gasteiger partial charge is 0.143 e. The summed E-state index contributed by atoms with van der Waals surface area (Å²) in [6, 6.07) is 0. The molecule has 1 fully saturated rings. The van der Waals surface area contributed by atoms with Crippen molar-refractivity contribution in [1.29, 1.82) is 0 Å². The molecule has 0 amide bonds. The Balaban J connectivity index is 1.93. The van der Waals surface area contributed by atoms with Crippen molar-refractivity contribution in [2.75, 3.05) is 11.5 Å². The molecule has 2 aliphatic rings. The summed E-state index contributed by atoms with van der Waals surface area (Å²) in [7, 11) is 0. The summed E-state index contributed by atoms with van der Waals surface area (Å²) in [6.07, 6.45) is 9.32. The first-order valence-corrected chi connectivity index (χ1v) is 6.15. The van der Waals surface area contributed by atoms with E-state index < -0.39 is 0 Å². The lowest BCUT2D eigenvalue weighted by atomic mass is 10.3. The molecule has 0 saturated carbocycles. The highest BCUT2D eigenvalue weighted by Crippen LogP contribution is 2.38. The minimum Gasteiger partial charge on any atom is -0.143 e. The van der Waals surface area contributed by atoms with Gasteiger partial charge in [0.05, 0.1) is 4.58 Å². The lowest BCUT2D eigenvalue weighted by molar-refractivity contribution is 1.09. The highest BCUT2D eigenvalue weighted by atomic mass is 32.2. The Morgan fingerprint density at radius 3 is 2.73 bits per heavy atom. The Morgan fingerprint density at radius 1 is 1.27 bits per heavy atom. The molecule has 0 aromatic heterocycles. The van der Waals surface area contributed by atoms with Crippen molar-refractivity contribution in [3.63, 3.8) is 0 Å². The molecule has 0 N–H and O–H groups in total. The van der Waals surface area contributed by atoms with E-state index in [1.165, 1.54) is 24.3 Å². The van der Waals surface area contributed by atoms with E-state index in [0.29, 0.717) is 0 Å². The lowest BCUT2D eigenvalue weighted by Crippen LogP contribution is -2.08. The van der Waals surface area contributed by atoms with E-state index >= 15 is 0 Å². The first kappa shape index (κ1) is 7.81. The van der Waals surface area contributed by atoms with Crippen molar-refractivity contribution in [1.82, 2.24) is 0 Å². The minimum atomic E-state index is 0.777. The molecular weight excluding hydrogens is 172 g/mol. The van der Waals surface area contributed by atoms with Crippen LogP contribution >= 0.6 is 23.5 Å². The van der Waals surface area contributed by atoms with Gasteiger partial charge in [-0.1, -0.05) is 18.2 Å². The van der Waals surface area contributed by atoms with E-state index in [9.17, 15) is 0 Å². The second-order valence-electron chi connectivity index (χ2n) is 2.80. The zero-order valence-electron chi connectivity index (χ0n) is 6.45. The van der Waals surface area contributed by atoms with Gasteiger partial charge in [-0.15, -0.1) is 23.5 Å². The van der Waals surface area contributed by atoms with Crippen LogP contribution in [0.5, 0.6) is 0 Å². The quantitative estimate of drug-likeness (QED) is 0.614. The molecule has 2 rings (SSSR count). The van der Waals surface area contributed by atoms with Gasteiger partial charge in [0.25, 0.3) is 0 Å². The third-order valence-electron chi connectivity index (χ3n) is 1.93. The fraction of sp³-hybridized carbons (Fsp3) is 0.556. The van der Waals surface area contributed by atoms with E-state index in [-0.39, 0.29) is 0 Å². The van der Waals surface area contributed by atoms with Crippen LogP contribution in [0.3, 0.4) is 0 Å². The maximum atomic E-state index is 2.29. The van der Waals surface area contributed by atoms with Crippen LogP contribution in [0.2, 0.25) is 0 Å². The zero-order valence-corrected chi connectivity index (χ0v) is 8.09. The average molecular weight is 184 g/mol. The van der Waals surface area contributed by atoms with E-state index in [4.69, 9.17) is 0 Å². The maximum Gasteiger partial charge on any atom is 0.0717 e. The molecule has 0 bridgehead atoms. The molecule has 0 unspecified atom stereocenters. The molecule has 1 aliphatic heterocycles. The normalized spacial score (nSPS) is 25.6. The van der Waals surface area contributed by atoms with Crippen LogP contribution in [-0.4, -0.2) is 16.1 Å². The van der Waals surface area contributed by atoms with Crippen LogP contribution in [0, 0.1) is 0 Å². The second-order valence-corrected chi connectivity index (χ2v) is 5.53. The molecule has 0 radical (unpaired) electrons. The van der Waals surface area contributed by atoms with Crippen LogP contribution in [-0.2, 0) is 0 Å². The first-order valence-electron chi connectivity index (χ1n) is 4.05. The van der Waals surface area contributed by atoms with Crippen LogP contribution in [0.15, 0.2) is 23.8 Å². The van der Waals surface area contributed by atoms with Crippen LogP contribution in [0.4, 0.5) is 0 Å². The Hall–Kier alpha value is 0.180. The van der Waals surface area contributed by atoms with Crippen molar-refractivity contribution in [2.45, 2.75) is 17.4 Å². The van der Waals surface area contributed by atoms with E-state index in [1.807, 2.05) is 0 Å². The van der Waals surface area contributed by atoms with Crippen molar-refractivity contribution < 1.29 is 0 Å². The molecule has 0 aromatic carbocycles. The zero-order chi connectivity index (χ0) is 7.52. The Morgan fingerprint density at radius 2 is 2.09 bits per heavy atom. The van der Waals surface area contributed by atoms with Gasteiger partial charge in [-0.05, 0) is 29.9 Å². The topological polar surface area (TPSA) is 0 Å². The minimum absolute atomic E-state index is 0.777. The maximum absolute atomic E-state index is 2.29. The van der Waals surface area contributed by atoms with Gasteiger partial charge in [-0.2, -0.15) is 0 Å². The second kappa shape index (κ2) is 3.72. The summed E-state index contributed by atoms with van der Waals surface area (Å²) in [5.74, 6) is 2.71. The van der Waals surface area contributed by atoms with E-state index in [1.54, 1.807) is 5.57 Å². The predicted molar refractivity (Wildman–Crippen MR) is 55.2 cm³/mol. The van der Waals surface area contributed by atoms with Gasteiger partial charge >= 0.3 is 0 Å².